The predicted octanol–water partition coefficient (Wildman–Crippen LogP) is 0.408. The van der Waals surface area contributed by atoms with E-state index in [1.54, 1.807) is 21.1 Å². The lowest BCUT2D eigenvalue weighted by Gasteiger charge is -2.27. The molecule has 1 saturated heterocycles. The second-order valence-corrected chi connectivity index (χ2v) is 5.05. The van der Waals surface area contributed by atoms with E-state index in [1.165, 1.54) is 0 Å². The predicted molar refractivity (Wildman–Crippen MR) is 66.1 cm³/mol. The highest BCUT2D eigenvalue weighted by molar-refractivity contribution is 5.78. The summed E-state index contributed by atoms with van der Waals surface area (Å²) in [5, 5.41) is 12.0. The third kappa shape index (κ3) is 3.94. The van der Waals surface area contributed by atoms with Crippen molar-refractivity contribution in [2.75, 3.05) is 40.4 Å². The maximum absolute atomic E-state index is 11.1. The van der Waals surface area contributed by atoms with Gasteiger partial charge in [-0.2, -0.15) is 0 Å². The zero-order chi connectivity index (χ0) is 12.9. The average Bonchev–Trinajstić information content (AvgIpc) is 2.74. The number of carboxylic acid groups (broad SMARTS) is 1. The monoisotopic (exact) mass is 244 g/mol. The summed E-state index contributed by atoms with van der Waals surface area (Å²) in [6.45, 7) is 5.43. The van der Waals surface area contributed by atoms with Crippen molar-refractivity contribution in [3.05, 3.63) is 0 Å². The molecule has 0 aromatic carbocycles. The number of likely N-dealkylation sites (tertiary alicyclic amines) is 1. The third-order valence-corrected chi connectivity index (χ3v) is 3.72. The van der Waals surface area contributed by atoms with Gasteiger partial charge < -0.3 is 20.1 Å². The van der Waals surface area contributed by atoms with E-state index < -0.39 is 11.5 Å². The van der Waals surface area contributed by atoms with Crippen LogP contribution in [0.3, 0.4) is 0 Å². The molecule has 2 unspecified atom stereocenters. The van der Waals surface area contributed by atoms with E-state index in [9.17, 15) is 4.79 Å². The number of methoxy groups -OCH3 is 1. The van der Waals surface area contributed by atoms with Crippen molar-refractivity contribution in [1.29, 1.82) is 0 Å². The minimum atomic E-state index is -0.820. The number of nitrogens with one attached hydrogen (secondary N) is 1. The summed E-state index contributed by atoms with van der Waals surface area (Å²) >= 11 is 0. The van der Waals surface area contributed by atoms with Crippen molar-refractivity contribution in [3.63, 3.8) is 0 Å². The molecule has 1 fully saturated rings. The molecule has 0 spiro atoms. The first kappa shape index (κ1) is 14.4. The number of carboxylic acids is 1. The van der Waals surface area contributed by atoms with Gasteiger partial charge in [0, 0.05) is 20.2 Å². The molecule has 1 aliphatic heterocycles. The van der Waals surface area contributed by atoms with E-state index in [0.717, 1.165) is 32.7 Å². The number of hydrogen-bond donors (Lipinski definition) is 2. The van der Waals surface area contributed by atoms with E-state index in [4.69, 9.17) is 9.84 Å². The highest BCUT2D eigenvalue weighted by atomic mass is 16.5. The van der Waals surface area contributed by atoms with Gasteiger partial charge in [-0.1, -0.05) is 0 Å². The van der Waals surface area contributed by atoms with Crippen LogP contribution in [0.15, 0.2) is 0 Å². The summed E-state index contributed by atoms with van der Waals surface area (Å²) < 4.78 is 5.15. The van der Waals surface area contributed by atoms with Crippen molar-refractivity contribution < 1.29 is 14.6 Å². The van der Waals surface area contributed by atoms with Gasteiger partial charge in [-0.25, -0.2) is 0 Å². The fraction of sp³-hybridized carbons (Fsp3) is 0.917. The first-order valence-corrected chi connectivity index (χ1v) is 6.15. The van der Waals surface area contributed by atoms with Crippen molar-refractivity contribution in [2.45, 2.75) is 25.3 Å². The fourth-order valence-electron chi connectivity index (χ4n) is 2.21. The van der Waals surface area contributed by atoms with Gasteiger partial charge in [-0.3, -0.25) is 4.79 Å². The van der Waals surface area contributed by atoms with E-state index >= 15 is 0 Å². The smallest absolute Gasteiger partial charge is 0.323 e. The first-order valence-electron chi connectivity index (χ1n) is 6.15. The van der Waals surface area contributed by atoms with Crippen molar-refractivity contribution in [1.82, 2.24) is 10.2 Å². The van der Waals surface area contributed by atoms with Gasteiger partial charge in [0.15, 0.2) is 0 Å². The molecule has 0 aromatic rings. The average molecular weight is 244 g/mol. The lowest BCUT2D eigenvalue weighted by atomic mass is 9.98. The van der Waals surface area contributed by atoms with Gasteiger partial charge >= 0.3 is 5.97 Å². The number of hydrogen-bond acceptors (Lipinski definition) is 4. The van der Waals surface area contributed by atoms with Crippen molar-refractivity contribution in [2.24, 2.45) is 5.92 Å². The summed E-state index contributed by atoms with van der Waals surface area (Å²) in [4.78, 5) is 13.4. The Labute approximate surface area is 103 Å². The molecule has 5 nitrogen and oxygen atoms in total. The molecule has 0 aliphatic carbocycles. The van der Waals surface area contributed by atoms with E-state index in [0.29, 0.717) is 12.3 Å². The highest BCUT2D eigenvalue weighted by Gasteiger charge is 2.32. The molecule has 100 valence electrons. The Hall–Kier alpha value is -0.650. The fourth-order valence-corrected chi connectivity index (χ4v) is 2.21. The summed E-state index contributed by atoms with van der Waals surface area (Å²) in [5.74, 6) is -0.182. The number of aliphatic carboxylic acids is 1. The lowest BCUT2D eigenvalue weighted by molar-refractivity contribution is -0.144. The van der Waals surface area contributed by atoms with Gasteiger partial charge in [0.05, 0.1) is 6.61 Å². The number of carbonyl (C=O) groups is 1. The Balaban J connectivity index is 2.34. The highest BCUT2D eigenvalue weighted by Crippen LogP contribution is 2.18. The third-order valence-electron chi connectivity index (χ3n) is 3.72. The van der Waals surface area contributed by atoms with Crippen LogP contribution in [0.4, 0.5) is 0 Å². The molecule has 1 aliphatic rings. The Morgan fingerprint density at radius 1 is 1.65 bits per heavy atom. The topological polar surface area (TPSA) is 61.8 Å². The second kappa shape index (κ2) is 6.33. The molecule has 0 amide bonds. The standard InChI is InChI=1S/C12H24N2O3/c1-12(13-2,11(15)16)5-7-14-6-4-10(8-14)9-17-3/h10,13H,4-9H2,1-3H3,(H,15,16). The molecule has 0 radical (unpaired) electrons. The molecule has 5 heteroatoms. The van der Waals surface area contributed by atoms with Crippen LogP contribution in [0.1, 0.15) is 19.8 Å². The molecule has 1 heterocycles. The van der Waals surface area contributed by atoms with Crippen LogP contribution in [0.2, 0.25) is 0 Å². The molecule has 17 heavy (non-hydrogen) atoms. The molecule has 2 atom stereocenters. The SMILES string of the molecule is CNC(C)(CCN1CCC(COC)C1)C(=O)O. The maximum Gasteiger partial charge on any atom is 0.323 e. The summed E-state index contributed by atoms with van der Waals surface area (Å²) in [6, 6.07) is 0. The number of rotatable bonds is 7. The molecule has 0 bridgehead atoms. The van der Waals surface area contributed by atoms with Gasteiger partial charge in [0.1, 0.15) is 5.54 Å². The second-order valence-electron chi connectivity index (χ2n) is 5.05. The summed E-state index contributed by atoms with van der Waals surface area (Å²) in [6.07, 6.45) is 1.77. The number of ether oxygens (including phenoxy) is 1. The van der Waals surface area contributed by atoms with E-state index in [1.807, 2.05) is 0 Å². The summed E-state index contributed by atoms with van der Waals surface area (Å²) in [7, 11) is 3.43. The van der Waals surface area contributed by atoms with E-state index in [-0.39, 0.29) is 0 Å². The Bertz CT molecular complexity index is 260. The molecular formula is C12H24N2O3. The molecular weight excluding hydrogens is 220 g/mol. The van der Waals surface area contributed by atoms with Crippen LogP contribution >= 0.6 is 0 Å². The summed E-state index contributed by atoms with van der Waals surface area (Å²) in [5.41, 5.74) is -0.820. The Kier molecular flexibility index (Phi) is 5.36. The minimum Gasteiger partial charge on any atom is -0.480 e. The Morgan fingerprint density at radius 3 is 2.88 bits per heavy atom. The van der Waals surface area contributed by atoms with Crippen molar-refractivity contribution in [3.8, 4) is 0 Å². The van der Waals surface area contributed by atoms with Crippen LogP contribution < -0.4 is 5.32 Å². The van der Waals surface area contributed by atoms with Gasteiger partial charge in [0.2, 0.25) is 0 Å². The quantitative estimate of drug-likeness (QED) is 0.679. The maximum atomic E-state index is 11.1. The van der Waals surface area contributed by atoms with Gasteiger partial charge in [0.25, 0.3) is 0 Å². The molecule has 1 rings (SSSR count). The number of nitrogens with zero attached hydrogens (tertiary/aromatic N) is 1. The number of likely N-dealkylation sites (N-methyl/N-ethyl adjacent to an activating group) is 1. The minimum absolute atomic E-state index is 0.602. The van der Waals surface area contributed by atoms with Crippen LogP contribution in [0, 0.1) is 5.92 Å². The van der Waals surface area contributed by atoms with E-state index in [2.05, 4.69) is 10.2 Å². The normalized spacial score (nSPS) is 24.8. The lowest BCUT2D eigenvalue weighted by Crippen LogP contribution is -2.49. The van der Waals surface area contributed by atoms with Gasteiger partial charge in [-0.05, 0) is 39.3 Å². The van der Waals surface area contributed by atoms with Crippen LogP contribution in [-0.4, -0.2) is 61.9 Å². The van der Waals surface area contributed by atoms with Crippen LogP contribution in [0.25, 0.3) is 0 Å². The molecule has 0 aromatic heterocycles. The largest absolute Gasteiger partial charge is 0.480 e. The molecule has 2 N–H and O–H groups in total. The zero-order valence-electron chi connectivity index (χ0n) is 11.0. The first-order chi connectivity index (χ1) is 8.01. The molecule has 0 saturated carbocycles. The zero-order valence-corrected chi connectivity index (χ0v) is 11.0. The van der Waals surface area contributed by atoms with Crippen LogP contribution in [-0.2, 0) is 9.53 Å². The van der Waals surface area contributed by atoms with Gasteiger partial charge in [-0.15, -0.1) is 0 Å². The van der Waals surface area contributed by atoms with Crippen LogP contribution in [0.5, 0.6) is 0 Å². The van der Waals surface area contributed by atoms with Crippen molar-refractivity contribution >= 4 is 5.97 Å². The Morgan fingerprint density at radius 2 is 2.35 bits per heavy atom.